The van der Waals surface area contributed by atoms with Crippen molar-refractivity contribution in [2.45, 2.75) is 42.2 Å². The Labute approximate surface area is 289 Å². The van der Waals surface area contributed by atoms with Gasteiger partial charge in [-0.05, 0) is 60.7 Å². The lowest BCUT2D eigenvalue weighted by atomic mass is 10.0. The number of rotatable bonds is 14. The lowest BCUT2D eigenvalue weighted by Crippen LogP contribution is -2.40. The number of aromatic nitrogens is 1. The van der Waals surface area contributed by atoms with Gasteiger partial charge in [-0.15, -0.1) is 11.8 Å². The van der Waals surface area contributed by atoms with Crippen molar-refractivity contribution in [2.24, 2.45) is 5.92 Å². The Bertz CT molecular complexity index is 1860. The van der Waals surface area contributed by atoms with Crippen LogP contribution in [0.25, 0.3) is 0 Å². The SMILES string of the molecule is CS(=O)(=O)Nc1ccc(S(=O)(=O)N2CCSC2C(=O)O[C@@H](Cc2c(Cl)c[n+]([O-])cc2Cl)c2ccc(OC(F)F)c(OCC3CC3)c2)cc1. The van der Waals surface area contributed by atoms with Crippen LogP contribution in [0.4, 0.5) is 14.5 Å². The summed E-state index contributed by atoms with van der Waals surface area (Å²) in [6.45, 7) is -2.91. The summed E-state index contributed by atoms with van der Waals surface area (Å²) in [5.74, 6) is -0.657. The molecule has 2 heterocycles. The topological polar surface area (TPSA) is 155 Å². The van der Waals surface area contributed by atoms with Gasteiger partial charge in [0.05, 0.1) is 17.8 Å². The predicted octanol–water partition coefficient (Wildman–Crippen LogP) is 4.98. The fraction of sp³-hybridized carbons (Fsp3) is 0.379. The fourth-order valence-electron chi connectivity index (χ4n) is 4.79. The van der Waals surface area contributed by atoms with E-state index < -0.39 is 44.1 Å². The summed E-state index contributed by atoms with van der Waals surface area (Å²) in [6, 6.07) is 9.01. The van der Waals surface area contributed by atoms with Crippen LogP contribution in [0.2, 0.25) is 10.0 Å². The number of esters is 1. The molecule has 2 aliphatic rings. The number of sulfonamides is 2. The Morgan fingerprint density at radius 1 is 1.08 bits per heavy atom. The highest BCUT2D eigenvalue weighted by atomic mass is 35.5. The summed E-state index contributed by atoms with van der Waals surface area (Å²) in [4.78, 5) is 13.6. The highest BCUT2D eigenvalue weighted by Crippen LogP contribution is 2.39. The minimum absolute atomic E-state index is 0.0170. The van der Waals surface area contributed by atoms with E-state index >= 15 is 0 Å². The van der Waals surface area contributed by atoms with Crippen molar-refractivity contribution in [3.05, 3.63) is 81.2 Å². The first-order chi connectivity index (χ1) is 22.6. The lowest BCUT2D eigenvalue weighted by molar-refractivity contribution is -0.605. The molecule has 1 saturated heterocycles. The fourth-order valence-corrected chi connectivity index (χ4v) is 9.00. The minimum atomic E-state index is -4.26. The van der Waals surface area contributed by atoms with Gasteiger partial charge in [-0.25, -0.2) is 21.6 Å². The summed E-state index contributed by atoms with van der Waals surface area (Å²) in [7, 11) is -7.85. The van der Waals surface area contributed by atoms with E-state index in [1.165, 1.54) is 42.5 Å². The van der Waals surface area contributed by atoms with Crippen LogP contribution in [0.15, 0.2) is 59.8 Å². The first-order valence-electron chi connectivity index (χ1n) is 14.3. The molecule has 0 amide bonds. The van der Waals surface area contributed by atoms with E-state index in [4.69, 9.17) is 32.7 Å². The monoisotopic (exact) mass is 767 g/mol. The second-order valence-corrected chi connectivity index (χ2v) is 16.6. The van der Waals surface area contributed by atoms with Crippen LogP contribution in [0, 0.1) is 11.1 Å². The third kappa shape index (κ3) is 9.12. The van der Waals surface area contributed by atoms with Gasteiger partial charge in [0.25, 0.3) is 0 Å². The smallest absolute Gasteiger partial charge is 0.387 e. The number of ether oxygens (including phenoxy) is 3. The molecule has 1 N–H and O–H groups in total. The second kappa shape index (κ2) is 14.8. The summed E-state index contributed by atoms with van der Waals surface area (Å²) in [5.41, 5.74) is 0.660. The van der Waals surface area contributed by atoms with Crippen molar-refractivity contribution in [1.29, 1.82) is 0 Å². The number of pyridine rings is 1. The van der Waals surface area contributed by atoms with E-state index in [1.54, 1.807) is 0 Å². The van der Waals surface area contributed by atoms with Crippen molar-refractivity contribution >= 4 is 66.7 Å². The van der Waals surface area contributed by atoms with E-state index in [9.17, 15) is 35.6 Å². The molecule has 0 bridgehead atoms. The standard InChI is InChI=1S/C29H29Cl2F2N3O9S3/c1-47(39,40)34-19-5-7-20(8-6-19)48(41,42)36-10-11-46-27(36)28(37)44-25(13-21-22(30)14-35(38)15-23(21)31)18-4-9-24(45-29(32)33)26(12-18)43-16-17-2-3-17/h4-9,12,14-15,17,25,27,29,34H,2-3,10-11,13,16H2,1H3/t25-,27?/m0/s1. The largest absolute Gasteiger partial charge is 0.619 e. The first kappa shape index (κ1) is 36.2. The first-order valence-corrected chi connectivity index (χ1v) is 19.4. The Morgan fingerprint density at radius 3 is 2.35 bits per heavy atom. The predicted molar refractivity (Wildman–Crippen MR) is 174 cm³/mol. The molecule has 12 nitrogen and oxygen atoms in total. The van der Waals surface area contributed by atoms with E-state index in [0.29, 0.717) is 4.73 Å². The molecule has 3 aromatic rings. The third-order valence-electron chi connectivity index (χ3n) is 7.25. The molecular weight excluding hydrogens is 739 g/mol. The van der Waals surface area contributed by atoms with Crippen LogP contribution in [-0.4, -0.2) is 64.3 Å². The molecule has 5 rings (SSSR count). The van der Waals surface area contributed by atoms with Crippen molar-refractivity contribution in [1.82, 2.24) is 4.31 Å². The van der Waals surface area contributed by atoms with Gasteiger partial charge in [0.15, 0.2) is 29.3 Å². The highest BCUT2D eigenvalue weighted by molar-refractivity contribution is 8.02. The Hall–Kier alpha value is -3.09. The molecule has 0 spiro atoms. The van der Waals surface area contributed by atoms with Gasteiger partial charge in [-0.3, -0.25) is 4.72 Å². The van der Waals surface area contributed by atoms with Gasteiger partial charge in [0.2, 0.25) is 20.0 Å². The van der Waals surface area contributed by atoms with E-state index in [0.717, 1.165) is 47.6 Å². The van der Waals surface area contributed by atoms with Gasteiger partial charge in [0.1, 0.15) is 16.1 Å². The number of nitrogens with one attached hydrogen (secondary N) is 1. The molecule has 19 heteroatoms. The van der Waals surface area contributed by atoms with E-state index in [1.807, 2.05) is 0 Å². The number of hydrogen-bond donors (Lipinski definition) is 1. The Morgan fingerprint density at radius 2 is 1.75 bits per heavy atom. The van der Waals surface area contributed by atoms with Crippen LogP contribution in [-0.2, 0) is 36.0 Å². The van der Waals surface area contributed by atoms with Gasteiger partial charge in [-0.2, -0.15) is 17.8 Å². The van der Waals surface area contributed by atoms with Gasteiger partial charge < -0.3 is 19.4 Å². The zero-order chi connectivity index (χ0) is 34.8. The van der Waals surface area contributed by atoms with Crippen molar-refractivity contribution in [3.8, 4) is 11.5 Å². The number of carbonyl (C=O) groups excluding carboxylic acids is 1. The normalized spacial score (nSPS) is 17.7. The van der Waals surface area contributed by atoms with Crippen molar-refractivity contribution in [3.63, 3.8) is 0 Å². The molecule has 1 aromatic heterocycles. The zero-order valence-electron chi connectivity index (χ0n) is 25.1. The number of hydrogen-bond acceptors (Lipinski definition) is 10. The molecule has 2 fully saturated rings. The van der Waals surface area contributed by atoms with Gasteiger partial charge >= 0.3 is 12.6 Å². The van der Waals surface area contributed by atoms with Crippen LogP contribution in [0.3, 0.4) is 0 Å². The molecule has 2 aromatic carbocycles. The molecule has 1 saturated carbocycles. The van der Waals surface area contributed by atoms with E-state index in [2.05, 4.69) is 9.46 Å². The number of benzene rings is 2. The summed E-state index contributed by atoms with van der Waals surface area (Å²) < 4.78 is 96.7. The van der Waals surface area contributed by atoms with E-state index in [-0.39, 0.29) is 74.5 Å². The maximum atomic E-state index is 13.8. The quantitative estimate of drug-likeness (QED) is 0.135. The molecule has 260 valence electrons. The van der Waals surface area contributed by atoms with Crippen molar-refractivity contribution < 1.29 is 49.4 Å². The summed E-state index contributed by atoms with van der Waals surface area (Å²) in [6.07, 6.45) is 3.54. The summed E-state index contributed by atoms with van der Waals surface area (Å²) in [5, 5.41) is 10.5. The minimum Gasteiger partial charge on any atom is -0.619 e. The van der Waals surface area contributed by atoms with Gasteiger partial charge in [0, 0.05) is 30.0 Å². The maximum absolute atomic E-state index is 13.8. The number of carbonyl (C=O) groups is 1. The van der Waals surface area contributed by atoms with Crippen LogP contribution in [0.5, 0.6) is 11.5 Å². The number of thioether (sulfide) groups is 1. The van der Waals surface area contributed by atoms with Crippen molar-refractivity contribution in [2.75, 3.05) is 29.9 Å². The number of anilines is 1. The number of alkyl halides is 2. The summed E-state index contributed by atoms with van der Waals surface area (Å²) >= 11 is 13.7. The molecular formula is C29H29Cl2F2N3O9S3. The van der Waals surface area contributed by atoms with Crippen LogP contribution in [0.1, 0.15) is 30.1 Å². The second-order valence-electron chi connectivity index (χ2n) is 11.0. The Kier molecular flexibility index (Phi) is 11.2. The molecule has 1 aliphatic heterocycles. The zero-order valence-corrected chi connectivity index (χ0v) is 29.0. The van der Waals surface area contributed by atoms with Crippen LogP contribution < -0.4 is 18.9 Å². The van der Waals surface area contributed by atoms with Gasteiger partial charge in [-0.1, -0.05) is 29.3 Å². The molecule has 0 radical (unpaired) electrons. The molecule has 2 atom stereocenters. The average Bonchev–Trinajstić information content (AvgIpc) is 3.68. The average molecular weight is 769 g/mol. The lowest BCUT2D eigenvalue weighted by Gasteiger charge is -2.26. The molecule has 1 aliphatic carbocycles. The Balaban J connectivity index is 1.44. The third-order valence-corrected chi connectivity index (χ3v) is 11.7. The molecule has 1 unspecified atom stereocenters. The molecule has 48 heavy (non-hydrogen) atoms. The number of halogens is 4. The maximum Gasteiger partial charge on any atom is 0.387 e. The number of nitrogens with zero attached hydrogens (tertiary/aromatic N) is 2. The highest BCUT2D eigenvalue weighted by Gasteiger charge is 2.42. The van der Waals surface area contributed by atoms with Crippen LogP contribution >= 0.6 is 35.0 Å².